The Morgan fingerprint density at radius 3 is 2.60 bits per heavy atom. The quantitative estimate of drug-likeness (QED) is 0.613. The third-order valence-corrected chi connectivity index (χ3v) is 4.59. The Kier molecular flexibility index (Phi) is 5.60. The van der Waals surface area contributed by atoms with E-state index in [2.05, 4.69) is 20.3 Å². The lowest BCUT2D eigenvalue weighted by Crippen LogP contribution is -2.31. The van der Waals surface area contributed by atoms with Gasteiger partial charge < -0.3 is 25.3 Å². The van der Waals surface area contributed by atoms with Gasteiger partial charge in [0.25, 0.3) is 5.88 Å². The van der Waals surface area contributed by atoms with Crippen molar-refractivity contribution in [2.24, 2.45) is 0 Å². The summed E-state index contributed by atoms with van der Waals surface area (Å²) in [4.78, 5) is 24.4. The van der Waals surface area contributed by atoms with Crippen LogP contribution in [-0.4, -0.2) is 40.6 Å². The minimum absolute atomic E-state index is 0.00812. The van der Waals surface area contributed by atoms with Crippen LogP contribution in [0, 0.1) is 0 Å². The largest absolute Gasteiger partial charge is 0.493 e. The summed E-state index contributed by atoms with van der Waals surface area (Å²) in [5.41, 5.74) is 6.96. The number of hydrogen-bond donors (Lipinski definition) is 2. The van der Waals surface area contributed by atoms with Crippen LogP contribution >= 0.6 is 0 Å². The van der Waals surface area contributed by atoms with Crippen LogP contribution in [0.15, 0.2) is 48.8 Å². The van der Waals surface area contributed by atoms with E-state index in [-0.39, 0.29) is 36.0 Å². The first-order chi connectivity index (χ1) is 14.6. The number of nitrogens with two attached hydrogens (primary N) is 1. The smallest absolute Gasteiger partial charge is 0.263 e. The summed E-state index contributed by atoms with van der Waals surface area (Å²) in [6.07, 6.45) is 4.46. The highest BCUT2D eigenvalue weighted by Gasteiger charge is 2.24. The van der Waals surface area contributed by atoms with E-state index in [1.165, 1.54) is 0 Å². The number of pyridine rings is 1. The van der Waals surface area contributed by atoms with E-state index in [1.807, 2.05) is 12.1 Å². The van der Waals surface area contributed by atoms with Crippen molar-refractivity contribution in [1.82, 2.24) is 20.3 Å². The van der Waals surface area contributed by atoms with Gasteiger partial charge in [-0.2, -0.15) is 4.98 Å². The molecule has 0 saturated carbocycles. The number of anilines is 1. The highest BCUT2D eigenvalue weighted by Crippen LogP contribution is 2.39. The number of nitrogen functional groups attached to an aromatic ring is 1. The summed E-state index contributed by atoms with van der Waals surface area (Å²) in [5, 5.41) is 2.86. The van der Waals surface area contributed by atoms with Crippen molar-refractivity contribution in [2.45, 2.75) is 18.9 Å². The van der Waals surface area contributed by atoms with Gasteiger partial charge in [0.15, 0.2) is 23.1 Å². The number of carbonyl (C=O) groups excluding carboxylic acids is 1. The van der Waals surface area contributed by atoms with Crippen molar-refractivity contribution in [3.8, 4) is 34.5 Å². The Bertz CT molecular complexity index is 1040. The van der Waals surface area contributed by atoms with Gasteiger partial charge in [0.2, 0.25) is 11.7 Å². The van der Waals surface area contributed by atoms with Crippen molar-refractivity contribution >= 4 is 11.7 Å². The number of ether oxygens (including phenoxy) is 3. The van der Waals surface area contributed by atoms with Crippen LogP contribution in [0.1, 0.15) is 12.8 Å². The van der Waals surface area contributed by atoms with Crippen LogP contribution in [0.25, 0.3) is 11.4 Å². The lowest BCUT2D eigenvalue weighted by atomic mass is 10.2. The Morgan fingerprint density at radius 2 is 1.90 bits per heavy atom. The number of rotatable bonds is 7. The van der Waals surface area contributed by atoms with Crippen LogP contribution in [0.2, 0.25) is 0 Å². The summed E-state index contributed by atoms with van der Waals surface area (Å²) in [5.74, 6) is 1.85. The second-order valence-electron chi connectivity index (χ2n) is 6.67. The predicted octanol–water partition coefficient (Wildman–Crippen LogP) is 2.58. The molecule has 9 heteroatoms. The monoisotopic (exact) mass is 407 g/mol. The molecule has 0 aliphatic carbocycles. The van der Waals surface area contributed by atoms with Gasteiger partial charge in [-0.3, -0.25) is 9.78 Å². The number of carbonyl (C=O) groups is 1. The highest BCUT2D eigenvalue weighted by atomic mass is 16.5. The Balaban J connectivity index is 1.68. The molecule has 4 rings (SSSR count). The molecule has 1 amide bonds. The molecule has 3 heterocycles. The fourth-order valence-electron chi connectivity index (χ4n) is 3.07. The summed E-state index contributed by atoms with van der Waals surface area (Å²) in [7, 11) is 1.55. The maximum Gasteiger partial charge on any atom is 0.263 e. The van der Waals surface area contributed by atoms with Crippen molar-refractivity contribution in [3.05, 3.63) is 48.8 Å². The molecule has 0 spiro atoms. The van der Waals surface area contributed by atoms with E-state index in [0.29, 0.717) is 30.2 Å². The molecule has 2 aromatic heterocycles. The van der Waals surface area contributed by atoms with E-state index < -0.39 is 0 Å². The molecule has 0 radical (unpaired) electrons. The number of nitrogens with zero attached hydrogens (tertiary/aromatic N) is 3. The minimum atomic E-state index is -0.0998. The SMILES string of the molecule is COc1ccccc1Oc1c(N)nc(-c2ccncc2)nc1OCC1CCC(=O)N1. The van der Waals surface area contributed by atoms with Crippen molar-refractivity contribution in [1.29, 1.82) is 0 Å². The van der Waals surface area contributed by atoms with Gasteiger partial charge in [0.1, 0.15) is 6.61 Å². The topological polar surface area (TPSA) is 121 Å². The van der Waals surface area contributed by atoms with E-state index in [9.17, 15) is 4.79 Å². The van der Waals surface area contributed by atoms with E-state index in [0.717, 1.165) is 5.56 Å². The van der Waals surface area contributed by atoms with Gasteiger partial charge in [0.05, 0.1) is 13.2 Å². The second-order valence-corrected chi connectivity index (χ2v) is 6.67. The fraction of sp³-hybridized carbons (Fsp3) is 0.238. The molecule has 3 N–H and O–H groups in total. The molecular formula is C21H21N5O4. The van der Waals surface area contributed by atoms with Gasteiger partial charge in [-0.05, 0) is 30.7 Å². The first-order valence-electron chi connectivity index (χ1n) is 9.45. The molecule has 1 aromatic carbocycles. The van der Waals surface area contributed by atoms with Crippen LogP contribution in [0.4, 0.5) is 5.82 Å². The molecule has 30 heavy (non-hydrogen) atoms. The van der Waals surface area contributed by atoms with E-state index >= 15 is 0 Å². The first-order valence-corrected chi connectivity index (χ1v) is 9.45. The van der Waals surface area contributed by atoms with Gasteiger partial charge in [0, 0.05) is 24.4 Å². The summed E-state index contributed by atoms with van der Waals surface area (Å²) in [6, 6.07) is 10.6. The third-order valence-electron chi connectivity index (χ3n) is 4.59. The third kappa shape index (κ3) is 4.24. The Hall–Kier alpha value is -3.88. The number of nitrogens with one attached hydrogen (secondary N) is 1. The number of aromatic nitrogens is 3. The molecular weight excluding hydrogens is 386 g/mol. The Labute approximate surface area is 173 Å². The van der Waals surface area contributed by atoms with Crippen LogP contribution in [-0.2, 0) is 4.79 Å². The normalized spacial score (nSPS) is 15.5. The number of para-hydroxylation sites is 2. The van der Waals surface area contributed by atoms with Crippen molar-refractivity contribution in [2.75, 3.05) is 19.5 Å². The summed E-state index contributed by atoms with van der Waals surface area (Å²) >= 11 is 0. The second kappa shape index (κ2) is 8.64. The van der Waals surface area contributed by atoms with E-state index in [4.69, 9.17) is 19.9 Å². The molecule has 1 aliphatic heterocycles. The molecule has 3 aromatic rings. The molecule has 9 nitrogen and oxygen atoms in total. The highest BCUT2D eigenvalue weighted by molar-refractivity contribution is 5.78. The Morgan fingerprint density at radius 1 is 1.13 bits per heavy atom. The lowest BCUT2D eigenvalue weighted by Gasteiger charge is -2.17. The maximum atomic E-state index is 11.5. The molecule has 1 saturated heterocycles. The zero-order valence-corrected chi connectivity index (χ0v) is 16.4. The van der Waals surface area contributed by atoms with E-state index in [1.54, 1.807) is 43.8 Å². The zero-order chi connectivity index (χ0) is 20.9. The standard InChI is InChI=1S/C21H21N5O4/c1-28-15-4-2-3-5-16(15)30-18-19(22)25-20(13-8-10-23-11-9-13)26-21(18)29-12-14-6-7-17(27)24-14/h2-5,8-11,14H,6-7,12H2,1H3,(H,24,27)(H2,22,25,26). The minimum Gasteiger partial charge on any atom is -0.493 e. The molecule has 1 fully saturated rings. The van der Waals surface area contributed by atoms with Crippen LogP contribution in [0.5, 0.6) is 23.1 Å². The molecule has 0 bridgehead atoms. The van der Waals surface area contributed by atoms with Gasteiger partial charge in [-0.15, -0.1) is 0 Å². The predicted molar refractivity (Wildman–Crippen MR) is 109 cm³/mol. The number of amides is 1. The average Bonchev–Trinajstić information content (AvgIpc) is 3.20. The van der Waals surface area contributed by atoms with Gasteiger partial charge in [-0.1, -0.05) is 12.1 Å². The average molecular weight is 407 g/mol. The number of hydrogen-bond acceptors (Lipinski definition) is 8. The molecule has 154 valence electrons. The number of methoxy groups -OCH3 is 1. The van der Waals surface area contributed by atoms with Crippen molar-refractivity contribution < 1.29 is 19.0 Å². The molecule has 1 unspecified atom stereocenters. The van der Waals surface area contributed by atoms with Crippen molar-refractivity contribution in [3.63, 3.8) is 0 Å². The van der Waals surface area contributed by atoms with Crippen LogP contribution in [0.3, 0.4) is 0 Å². The first kappa shape index (κ1) is 19.4. The molecule has 1 aliphatic rings. The van der Waals surface area contributed by atoms with Gasteiger partial charge >= 0.3 is 0 Å². The fourth-order valence-corrected chi connectivity index (χ4v) is 3.07. The summed E-state index contributed by atoms with van der Waals surface area (Å²) in [6.45, 7) is 0.236. The lowest BCUT2D eigenvalue weighted by molar-refractivity contribution is -0.119. The number of benzene rings is 1. The maximum absolute atomic E-state index is 11.5. The summed E-state index contributed by atoms with van der Waals surface area (Å²) < 4.78 is 17.3. The molecule has 1 atom stereocenters. The van der Waals surface area contributed by atoms with Gasteiger partial charge in [-0.25, -0.2) is 4.98 Å². The zero-order valence-electron chi connectivity index (χ0n) is 16.4. The van der Waals surface area contributed by atoms with Crippen LogP contribution < -0.4 is 25.3 Å².